The van der Waals surface area contributed by atoms with Crippen molar-refractivity contribution in [3.05, 3.63) is 39.7 Å². The van der Waals surface area contributed by atoms with E-state index in [1.165, 1.54) is 0 Å². The van der Waals surface area contributed by atoms with Crippen molar-refractivity contribution in [3.8, 4) is 5.82 Å². The van der Waals surface area contributed by atoms with Crippen molar-refractivity contribution in [1.29, 1.82) is 0 Å². The van der Waals surface area contributed by atoms with Gasteiger partial charge in [-0.05, 0) is 0 Å². The quantitative estimate of drug-likeness (QED) is 0.571. The minimum atomic E-state index is -4.83. The summed E-state index contributed by atoms with van der Waals surface area (Å²) in [5.41, 5.74) is -4.23. The average molecular weight is 405 g/mol. The topological polar surface area (TPSA) is 52.7 Å². The second-order valence-corrected chi connectivity index (χ2v) is 4.95. The summed E-state index contributed by atoms with van der Waals surface area (Å²) in [5.74, 6) is -0.319. The van der Waals surface area contributed by atoms with E-state index in [1.807, 2.05) is 0 Å². The number of halogens is 7. The molecule has 0 spiro atoms. The highest BCUT2D eigenvalue weighted by molar-refractivity contribution is 9.08. The van der Waals surface area contributed by atoms with Crippen LogP contribution in [0.4, 0.5) is 26.3 Å². The van der Waals surface area contributed by atoms with Crippen LogP contribution in [0.5, 0.6) is 0 Å². The highest BCUT2D eigenvalue weighted by atomic mass is 79.9. The van der Waals surface area contributed by atoms with Gasteiger partial charge >= 0.3 is 12.4 Å². The van der Waals surface area contributed by atoms with E-state index in [-0.39, 0.29) is 22.8 Å². The molecule has 0 aliphatic heterocycles. The average Bonchev–Trinajstić information content (AvgIpc) is 2.74. The molecule has 0 N–H and O–H groups in total. The highest BCUT2D eigenvalue weighted by Crippen LogP contribution is 2.34. The Morgan fingerprint density at radius 1 is 1.17 bits per heavy atom. The maximum absolute atomic E-state index is 12.9. The van der Waals surface area contributed by atoms with Crippen LogP contribution in [0.25, 0.3) is 5.82 Å². The van der Waals surface area contributed by atoms with Gasteiger partial charge in [-0.1, -0.05) is 15.9 Å². The molecule has 0 aliphatic carbocycles. The third-order valence-corrected chi connectivity index (χ3v) is 3.40. The molecule has 126 valence electrons. The molecule has 2 rings (SSSR count). The molecule has 0 aromatic carbocycles. The summed E-state index contributed by atoms with van der Waals surface area (Å²) in [6.45, 7) is 0. The molecule has 0 bridgehead atoms. The van der Waals surface area contributed by atoms with Gasteiger partial charge in [-0.25, -0.2) is 4.98 Å². The van der Waals surface area contributed by atoms with E-state index in [1.54, 1.807) is 0 Å². The minimum Gasteiger partial charge on any atom is -0.269 e. The van der Waals surface area contributed by atoms with Crippen LogP contribution < -0.4 is 5.56 Å². The van der Waals surface area contributed by atoms with Crippen molar-refractivity contribution in [2.24, 2.45) is 7.05 Å². The molecule has 2 heterocycles. The van der Waals surface area contributed by atoms with Crippen LogP contribution >= 0.6 is 15.9 Å². The molecule has 5 nitrogen and oxygen atoms in total. The highest BCUT2D eigenvalue weighted by Gasteiger charge is 2.39. The number of nitrogens with zero attached hydrogens (tertiary/aromatic N) is 4. The number of aryl methyl sites for hydroxylation is 1. The summed E-state index contributed by atoms with van der Waals surface area (Å²) >= 11 is 2.86. The van der Waals surface area contributed by atoms with E-state index in [0.29, 0.717) is 10.9 Å². The van der Waals surface area contributed by atoms with Crippen LogP contribution in [0.3, 0.4) is 0 Å². The van der Waals surface area contributed by atoms with E-state index >= 15 is 0 Å². The SMILES string of the molecule is Cn1nc(C(F)(F)F)c(CBr)c1-n1cnc(C(F)(F)F)cc1=O. The summed E-state index contributed by atoms with van der Waals surface area (Å²) in [7, 11) is 1.14. The molecule has 2 aromatic rings. The third-order valence-electron chi connectivity index (χ3n) is 2.84. The first kappa shape index (κ1) is 17.5. The Kier molecular flexibility index (Phi) is 4.30. The molecule has 0 saturated carbocycles. The predicted molar refractivity (Wildman–Crippen MR) is 69.2 cm³/mol. The molecule has 0 atom stereocenters. The smallest absolute Gasteiger partial charge is 0.269 e. The van der Waals surface area contributed by atoms with Gasteiger partial charge in [0.05, 0.1) is 0 Å². The van der Waals surface area contributed by atoms with Crippen LogP contribution in [0.2, 0.25) is 0 Å². The van der Waals surface area contributed by atoms with Crippen molar-refractivity contribution in [1.82, 2.24) is 19.3 Å². The first-order chi connectivity index (χ1) is 10.5. The molecule has 0 radical (unpaired) electrons. The van der Waals surface area contributed by atoms with Gasteiger partial charge in [0, 0.05) is 24.0 Å². The van der Waals surface area contributed by atoms with Crippen molar-refractivity contribution < 1.29 is 26.3 Å². The number of rotatable bonds is 2. The van der Waals surface area contributed by atoms with Gasteiger partial charge in [0.25, 0.3) is 5.56 Å². The molecular weight excluding hydrogens is 398 g/mol. The van der Waals surface area contributed by atoms with Gasteiger partial charge in [-0.2, -0.15) is 31.4 Å². The molecule has 0 fully saturated rings. The lowest BCUT2D eigenvalue weighted by Crippen LogP contribution is -2.24. The summed E-state index contributed by atoms with van der Waals surface area (Å²) in [4.78, 5) is 14.9. The zero-order valence-corrected chi connectivity index (χ0v) is 12.8. The van der Waals surface area contributed by atoms with Gasteiger partial charge in [-0.15, -0.1) is 0 Å². The monoisotopic (exact) mass is 404 g/mol. The fraction of sp³-hybridized carbons (Fsp3) is 0.364. The largest absolute Gasteiger partial charge is 0.435 e. The normalized spacial score (nSPS) is 12.7. The minimum absolute atomic E-state index is 0.207. The molecule has 2 aromatic heterocycles. The molecule has 0 aliphatic rings. The van der Waals surface area contributed by atoms with Gasteiger partial charge in [0.1, 0.15) is 12.1 Å². The van der Waals surface area contributed by atoms with Crippen molar-refractivity contribution in [3.63, 3.8) is 0 Å². The van der Waals surface area contributed by atoms with Gasteiger partial charge in [0.2, 0.25) is 0 Å². The number of hydrogen-bond acceptors (Lipinski definition) is 3. The van der Waals surface area contributed by atoms with E-state index in [9.17, 15) is 31.1 Å². The molecule has 23 heavy (non-hydrogen) atoms. The first-order valence-electron chi connectivity index (χ1n) is 5.82. The molecule has 12 heteroatoms. The zero-order chi connectivity index (χ0) is 17.6. The molecule has 0 unspecified atom stereocenters. The lowest BCUT2D eigenvalue weighted by Gasteiger charge is -2.10. The zero-order valence-electron chi connectivity index (χ0n) is 11.2. The fourth-order valence-corrected chi connectivity index (χ4v) is 2.44. The Morgan fingerprint density at radius 2 is 1.78 bits per heavy atom. The van der Waals surface area contributed by atoms with Crippen molar-refractivity contribution >= 4 is 15.9 Å². The van der Waals surface area contributed by atoms with Crippen molar-refractivity contribution in [2.75, 3.05) is 0 Å². The van der Waals surface area contributed by atoms with Crippen LogP contribution in [-0.4, -0.2) is 19.3 Å². The predicted octanol–water partition coefficient (Wildman–Crippen LogP) is 2.90. The number of alkyl halides is 7. The van der Waals surface area contributed by atoms with Gasteiger partial charge in [-0.3, -0.25) is 14.0 Å². The Balaban J connectivity index is 2.69. The van der Waals surface area contributed by atoms with Crippen LogP contribution in [0.15, 0.2) is 17.2 Å². The molecule has 0 amide bonds. The maximum atomic E-state index is 12.9. The van der Waals surface area contributed by atoms with E-state index < -0.39 is 29.3 Å². The molecular formula is C11H7BrF6N4O. The number of hydrogen-bond donors (Lipinski definition) is 0. The Hall–Kier alpha value is -1.85. The standard InChI is InChI=1S/C11H7BrF6N4O/c1-21-9(5(3-12)8(20-21)11(16,17)18)22-4-19-6(2-7(22)23)10(13,14)15/h2,4H,3H2,1H3. The third kappa shape index (κ3) is 3.26. The first-order valence-corrected chi connectivity index (χ1v) is 6.94. The second-order valence-electron chi connectivity index (χ2n) is 4.39. The van der Waals surface area contributed by atoms with Crippen LogP contribution in [-0.2, 0) is 24.7 Å². The molecule has 0 saturated heterocycles. The van der Waals surface area contributed by atoms with Gasteiger partial charge in [0.15, 0.2) is 11.4 Å². The Morgan fingerprint density at radius 3 is 2.22 bits per heavy atom. The number of aromatic nitrogens is 4. The van der Waals surface area contributed by atoms with Gasteiger partial charge < -0.3 is 0 Å². The second kappa shape index (κ2) is 5.65. The summed E-state index contributed by atoms with van der Waals surface area (Å²) in [6, 6.07) is 0.207. The summed E-state index contributed by atoms with van der Waals surface area (Å²) in [6.07, 6.45) is -9.09. The van der Waals surface area contributed by atoms with E-state index in [0.717, 1.165) is 11.7 Å². The maximum Gasteiger partial charge on any atom is 0.435 e. The van der Waals surface area contributed by atoms with Crippen LogP contribution in [0, 0.1) is 0 Å². The van der Waals surface area contributed by atoms with E-state index in [2.05, 4.69) is 26.0 Å². The fourth-order valence-electron chi connectivity index (χ4n) is 1.93. The lowest BCUT2D eigenvalue weighted by molar-refractivity contribution is -0.142. The lowest BCUT2D eigenvalue weighted by atomic mass is 10.2. The van der Waals surface area contributed by atoms with E-state index in [4.69, 9.17) is 0 Å². The summed E-state index contributed by atoms with van der Waals surface area (Å²) in [5, 5.41) is 2.99. The Labute approximate surface area is 132 Å². The van der Waals surface area contributed by atoms with Crippen LogP contribution in [0.1, 0.15) is 17.0 Å². The summed E-state index contributed by atoms with van der Waals surface area (Å²) < 4.78 is 77.6. The van der Waals surface area contributed by atoms with Crippen molar-refractivity contribution in [2.45, 2.75) is 17.7 Å². The Bertz CT molecular complexity index is 791.